The predicted molar refractivity (Wildman–Crippen MR) is 42.4 cm³/mol. The zero-order chi connectivity index (χ0) is 10.3. The summed E-state index contributed by atoms with van der Waals surface area (Å²) in [5, 5.41) is 8.15. The van der Waals surface area contributed by atoms with E-state index < -0.39 is 21.7 Å². The van der Waals surface area contributed by atoms with Gasteiger partial charge >= 0.3 is 5.97 Å². The van der Waals surface area contributed by atoms with Gasteiger partial charge in [0.05, 0.1) is 13.2 Å². The van der Waals surface area contributed by atoms with Crippen LogP contribution in [0.5, 0.6) is 0 Å². The van der Waals surface area contributed by atoms with Crippen molar-refractivity contribution in [2.75, 3.05) is 26.1 Å². The van der Waals surface area contributed by atoms with E-state index in [4.69, 9.17) is 5.11 Å². The molecule has 0 aliphatic rings. The predicted octanol–water partition coefficient (Wildman–Crippen LogP) is -1.43. The fourth-order valence-electron chi connectivity index (χ4n) is 0.448. The van der Waals surface area contributed by atoms with Crippen LogP contribution in [-0.2, 0) is 24.4 Å². The summed E-state index contributed by atoms with van der Waals surface area (Å²) in [6.07, 6.45) is 0. The van der Waals surface area contributed by atoms with Crippen molar-refractivity contribution in [2.45, 2.75) is 0 Å². The van der Waals surface area contributed by atoms with Gasteiger partial charge in [-0.15, -0.1) is 0 Å². The molecule has 0 saturated carbocycles. The lowest BCUT2D eigenvalue weighted by atomic mass is 10.8. The molecule has 0 spiro atoms. The Morgan fingerprint density at radius 1 is 1.46 bits per heavy atom. The van der Waals surface area contributed by atoms with Gasteiger partial charge in [-0.2, -0.15) is 0 Å². The molecule has 0 amide bonds. The zero-order valence-electron chi connectivity index (χ0n) is 7.02. The third kappa shape index (κ3) is 7.65. The Bertz CT molecular complexity index is 248. The highest BCUT2D eigenvalue weighted by Crippen LogP contribution is 1.84. The van der Waals surface area contributed by atoms with E-state index in [0.29, 0.717) is 0 Å². The van der Waals surface area contributed by atoms with Crippen molar-refractivity contribution in [1.29, 1.82) is 0 Å². The number of hydrogen-bond donors (Lipinski definition) is 2. The maximum absolute atomic E-state index is 10.7. The van der Waals surface area contributed by atoms with Crippen LogP contribution in [-0.4, -0.2) is 45.6 Å². The Balaban J connectivity index is 3.71. The van der Waals surface area contributed by atoms with Crippen molar-refractivity contribution >= 4 is 16.0 Å². The molecule has 0 unspecified atom stereocenters. The molecule has 0 aliphatic carbocycles. The third-order valence-corrected chi connectivity index (χ3v) is 1.89. The number of carboxylic acid groups (broad SMARTS) is 1. The van der Waals surface area contributed by atoms with Gasteiger partial charge < -0.3 is 9.84 Å². The summed E-state index contributed by atoms with van der Waals surface area (Å²) < 4.78 is 26.1. The van der Waals surface area contributed by atoms with E-state index >= 15 is 0 Å². The van der Waals surface area contributed by atoms with Crippen LogP contribution in [0.1, 0.15) is 0 Å². The van der Waals surface area contributed by atoms with Gasteiger partial charge in [0.1, 0.15) is 0 Å². The van der Waals surface area contributed by atoms with Crippen molar-refractivity contribution in [3.05, 3.63) is 0 Å². The quantitative estimate of drug-likeness (QED) is 0.397. The van der Waals surface area contributed by atoms with Gasteiger partial charge in [-0.25, -0.2) is 8.42 Å². The first kappa shape index (κ1) is 12.3. The highest BCUT2D eigenvalue weighted by Gasteiger charge is 2.14. The van der Waals surface area contributed by atoms with E-state index in [-0.39, 0.29) is 13.2 Å². The minimum Gasteiger partial charge on any atom is -0.480 e. The molecule has 7 nitrogen and oxygen atoms in total. The molecule has 0 aromatic carbocycles. The maximum atomic E-state index is 10.7. The summed E-state index contributed by atoms with van der Waals surface area (Å²) in [5.41, 5.74) is 0. The number of nitrogens with one attached hydrogen (secondary N) is 1. The molecule has 0 heterocycles. The number of aliphatic carboxylic acids is 1. The Kier molecular flexibility index (Phi) is 5.55. The van der Waals surface area contributed by atoms with Crippen LogP contribution < -0.4 is 4.89 Å². The first-order chi connectivity index (χ1) is 5.98. The maximum Gasteiger partial charge on any atom is 0.320 e. The summed E-state index contributed by atoms with van der Waals surface area (Å²) in [6.45, 7) is 0.241. The minimum absolute atomic E-state index is 0.0232. The second-order valence-electron chi connectivity index (χ2n) is 2.08. The topological polar surface area (TPSA) is 102 Å². The highest BCUT2D eigenvalue weighted by atomic mass is 32.2. The van der Waals surface area contributed by atoms with Crippen LogP contribution in [0.4, 0.5) is 0 Å². The molecule has 13 heavy (non-hydrogen) atoms. The monoisotopic (exact) mass is 213 g/mol. The molecule has 0 fully saturated rings. The average molecular weight is 213 g/mol. The molecule has 0 radical (unpaired) electrons. The molecule has 0 rings (SSSR count). The van der Waals surface area contributed by atoms with E-state index in [1.165, 1.54) is 7.11 Å². The average Bonchev–Trinajstić information content (AvgIpc) is 1.95. The van der Waals surface area contributed by atoms with Crippen molar-refractivity contribution < 1.29 is 27.9 Å². The summed E-state index contributed by atoms with van der Waals surface area (Å²) in [4.78, 5) is 16.1. The zero-order valence-corrected chi connectivity index (χ0v) is 7.83. The van der Waals surface area contributed by atoms with Crippen molar-refractivity contribution in [2.24, 2.45) is 0 Å². The molecular weight excluding hydrogens is 202 g/mol. The second kappa shape index (κ2) is 5.86. The summed E-state index contributed by atoms with van der Waals surface area (Å²) in [6, 6.07) is 0. The van der Waals surface area contributed by atoms with Crippen LogP contribution in [0.15, 0.2) is 0 Å². The first-order valence-corrected chi connectivity index (χ1v) is 4.95. The summed E-state index contributed by atoms with van der Waals surface area (Å²) in [5.74, 6) is -2.46. The number of hydrogen-bond acceptors (Lipinski definition) is 5. The van der Waals surface area contributed by atoms with Gasteiger partial charge in [-0.05, 0) is 0 Å². The fourth-order valence-corrected chi connectivity index (χ4v) is 1.10. The van der Waals surface area contributed by atoms with Gasteiger partial charge in [0, 0.05) is 7.11 Å². The first-order valence-electron chi connectivity index (χ1n) is 3.30. The van der Waals surface area contributed by atoms with Crippen LogP contribution in [0.25, 0.3) is 0 Å². The standard InChI is InChI=1S/C5H11NO6S/c1-11-2-3-12-6-13(9,10)4-5(7)8/h6H,2-4H2,1H3,(H,7,8). The number of ether oxygens (including phenoxy) is 1. The fraction of sp³-hybridized carbons (Fsp3) is 0.800. The Morgan fingerprint density at radius 3 is 2.54 bits per heavy atom. The Labute approximate surface area is 75.6 Å². The lowest BCUT2D eigenvalue weighted by Crippen LogP contribution is -2.31. The van der Waals surface area contributed by atoms with Crippen LogP contribution in [0.3, 0.4) is 0 Å². The molecule has 78 valence electrons. The summed E-state index contributed by atoms with van der Waals surface area (Å²) in [7, 11) is -2.46. The molecular formula is C5H11NO6S. The number of carbonyl (C=O) groups is 1. The smallest absolute Gasteiger partial charge is 0.320 e. The molecule has 0 saturated heterocycles. The lowest BCUT2D eigenvalue weighted by molar-refractivity contribution is -0.134. The van der Waals surface area contributed by atoms with Crippen molar-refractivity contribution in [1.82, 2.24) is 4.89 Å². The van der Waals surface area contributed by atoms with E-state index in [9.17, 15) is 13.2 Å². The van der Waals surface area contributed by atoms with E-state index in [1.807, 2.05) is 0 Å². The highest BCUT2D eigenvalue weighted by molar-refractivity contribution is 7.90. The van der Waals surface area contributed by atoms with Crippen LogP contribution >= 0.6 is 0 Å². The SMILES string of the molecule is COCCONS(=O)(=O)CC(=O)O. The Hall–Kier alpha value is -0.700. The molecule has 0 aromatic heterocycles. The van der Waals surface area contributed by atoms with Crippen molar-refractivity contribution in [3.63, 3.8) is 0 Å². The molecule has 8 heteroatoms. The number of sulfonamides is 1. The van der Waals surface area contributed by atoms with Gasteiger partial charge in [0.25, 0.3) is 0 Å². The van der Waals surface area contributed by atoms with Gasteiger partial charge in [-0.1, -0.05) is 4.89 Å². The largest absolute Gasteiger partial charge is 0.480 e. The van der Waals surface area contributed by atoms with Crippen LogP contribution in [0, 0.1) is 0 Å². The van der Waals surface area contributed by atoms with E-state index in [1.54, 1.807) is 4.89 Å². The molecule has 0 aromatic rings. The Morgan fingerprint density at radius 2 is 2.08 bits per heavy atom. The normalized spacial score (nSPS) is 11.5. The number of methoxy groups -OCH3 is 1. The molecule has 0 atom stereocenters. The number of carboxylic acids is 1. The molecule has 2 N–H and O–H groups in total. The minimum atomic E-state index is -3.89. The van der Waals surface area contributed by atoms with Gasteiger partial charge in [-0.3, -0.25) is 9.63 Å². The van der Waals surface area contributed by atoms with Crippen molar-refractivity contribution in [3.8, 4) is 0 Å². The van der Waals surface area contributed by atoms with E-state index in [0.717, 1.165) is 0 Å². The molecule has 0 bridgehead atoms. The number of rotatable bonds is 7. The second-order valence-corrected chi connectivity index (χ2v) is 3.76. The molecule has 0 aliphatic heterocycles. The summed E-state index contributed by atoms with van der Waals surface area (Å²) >= 11 is 0. The van der Waals surface area contributed by atoms with Gasteiger partial charge in [0.15, 0.2) is 5.75 Å². The van der Waals surface area contributed by atoms with Crippen LogP contribution in [0.2, 0.25) is 0 Å². The van der Waals surface area contributed by atoms with Gasteiger partial charge in [0.2, 0.25) is 10.0 Å². The third-order valence-electron chi connectivity index (χ3n) is 0.889. The van der Waals surface area contributed by atoms with E-state index in [2.05, 4.69) is 9.57 Å². The lowest BCUT2D eigenvalue weighted by Gasteiger charge is -2.03.